The van der Waals surface area contributed by atoms with Crippen LogP contribution in [0, 0.1) is 0 Å². The molecule has 3 nitrogen and oxygen atoms in total. The molecular weight excluding hydrogens is 214 g/mol. The van der Waals surface area contributed by atoms with Gasteiger partial charge in [0.15, 0.2) is 0 Å². The van der Waals surface area contributed by atoms with E-state index in [2.05, 4.69) is 6.92 Å². The lowest BCUT2D eigenvalue weighted by Gasteiger charge is -2.31. The van der Waals surface area contributed by atoms with Gasteiger partial charge in [-0.3, -0.25) is 0 Å². The molecule has 0 aliphatic carbocycles. The van der Waals surface area contributed by atoms with E-state index in [0.29, 0.717) is 6.61 Å². The van der Waals surface area contributed by atoms with Crippen LogP contribution in [0.15, 0.2) is 24.3 Å². The molecule has 0 amide bonds. The number of hydrogen-bond acceptors (Lipinski definition) is 3. The van der Waals surface area contributed by atoms with Gasteiger partial charge in [0.1, 0.15) is 5.75 Å². The largest absolute Gasteiger partial charge is 0.493 e. The number of benzene rings is 1. The molecule has 0 fully saturated rings. The number of para-hydroxylation sites is 1. The van der Waals surface area contributed by atoms with Crippen LogP contribution in [0.2, 0.25) is 0 Å². The standard InChI is InChI=1S/C14H23NO2/c1-5-10-17-12-9-7-6-8-11(12)13(15)14(2,3)16-4/h6-9,13H,5,10,15H2,1-4H3. The molecule has 2 N–H and O–H groups in total. The highest BCUT2D eigenvalue weighted by Crippen LogP contribution is 2.32. The van der Waals surface area contributed by atoms with Gasteiger partial charge >= 0.3 is 0 Å². The predicted molar refractivity (Wildman–Crippen MR) is 70.2 cm³/mol. The van der Waals surface area contributed by atoms with Crippen molar-refractivity contribution in [3.8, 4) is 5.75 Å². The van der Waals surface area contributed by atoms with Crippen molar-refractivity contribution in [2.45, 2.75) is 38.8 Å². The quantitative estimate of drug-likeness (QED) is 0.827. The molecule has 0 aliphatic heterocycles. The summed E-state index contributed by atoms with van der Waals surface area (Å²) >= 11 is 0. The zero-order valence-corrected chi connectivity index (χ0v) is 11.2. The maximum Gasteiger partial charge on any atom is 0.124 e. The predicted octanol–water partition coefficient (Wildman–Crippen LogP) is 2.90. The first-order chi connectivity index (χ1) is 8.03. The summed E-state index contributed by atoms with van der Waals surface area (Å²) in [5.41, 5.74) is 6.83. The molecule has 1 atom stereocenters. The lowest BCUT2D eigenvalue weighted by Crippen LogP contribution is -2.37. The third-order valence-corrected chi connectivity index (χ3v) is 2.99. The summed E-state index contributed by atoms with van der Waals surface area (Å²) < 4.78 is 11.1. The van der Waals surface area contributed by atoms with Crippen LogP contribution in [-0.4, -0.2) is 19.3 Å². The van der Waals surface area contributed by atoms with Gasteiger partial charge in [-0.15, -0.1) is 0 Å². The van der Waals surface area contributed by atoms with Crippen molar-refractivity contribution in [3.63, 3.8) is 0 Å². The summed E-state index contributed by atoms with van der Waals surface area (Å²) in [5.74, 6) is 0.854. The number of ether oxygens (including phenoxy) is 2. The minimum absolute atomic E-state index is 0.208. The Hall–Kier alpha value is -1.06. The molecule has 1 aromatic rings. The third-order valence-electron chi connectivity index (χ3n) is 2.99. The van der Waals surface area contributed by atoms with Crippen LogP contribution in [0.25, 0.3) is 0 Å². The van der Waals surface area contributed by atoms with Crippen molar-refractivity contribution in [1.29, 1.82) is 0 Å². The van der Waals surface area contributed by atoms with Crippen molar-refractivity contribution < 1.29 is 9.47 Å². The van der Waals surface area contributed by atoms with E-state index in [0.717, 1.165) is 17.7 Å². The highest BCUT2D eigenvalue weighted by molar-refractivity contribution is 5.37. The van der Waals surface area contributed by atoms with Gasteiger partial charge in [-0.1, -0.05) is 25.1 Å². The minimum Gasteiger partial charge on any atom is -0.493 e. The molecule has 3 heteroatoms. The van der Waals surface area contributed by atoms with Crippen molar-refractivity contribution in [2.75, 3.05) is 13.7 Å². The summed E-state index contributed by atoms with van der Waals surface area (Å²) in [7, 11) is 1.68. The van der Waals surface area contributed by atoms with Crippen LogP contribution in [-0.2, 0) is 4.74 Å². The average molecular weight is 237 g/mol. The Morgan fingerprint density at radius 3 is 2.53 bits per heavy atom. The first-order valence-corrected chi connectivity index (χ1v) is 6.05. The summed E-state index contributed by atoms with van der Waals surface area (Å²) in [5, 5.41) is 0. The molecule has 0 saturated carbocycles. The van der Waals surface area contributed by atoms with Gasteiger partial charge in [0.2, 0.25) is 0 Å². The summed E-state index contributed by atoms with van der Waals surface area (Å²) in [4.78, 5) is 0. The molecule has 17 heavy (non-hydrogen) atoms. The highest BCUT2D eigenvalue weighted by Gasteiger charge is 2.29. The highest BCUT2D eigenvalue weighted by atomic mass is 16.5. The van der Waals surface area contributed by atoms with E-state index in [-0.39, 0.29) is 6.04 Å². The molecule has 0 aliphatic rings. The summed E-state index contributed by atoms with van der Waals surface area (Å²) in [6, 6.07) is 7.67. The number of methoxy groups -OCH3 is 1. The molecule has 0 heterocycles. The Labute approximate surface area is 104 Å². The van der Waals surface area contributed by atoms with Gasteiger partial charge in [0, 0.05) is 12.7 Å². The van der Waals surface area contributed by atoms with Crippen LogP contribution in [0.4, 0.5) is 0 Å². The Morgan fingerprint density at radius 1 is 1.29 bits per heavy atom. The van der Waals surface area contributed by atoms with Crippen molar-refractivity contribution >= 4 is 0 Å². The normalized spacial score (nSPS) is 13.5. The number of hydrogen-bond donors (Lipinski definition) is 1. The first-order valence-electron chi connectivity index (χ1n) is 6.05. The SMILES string of the molecule is CCCOc1ccccc1C(N)C(C)(C)OC. The van der Waals surface area contributed by atoms with E-state index >= 15 is 0 Å². The number of rotatable bonds is 6. The average Bonchev–Trinajstić information content (AvgIpc) is 2.35. The van der Waals surface area contributed by atoms with Gasteiger partial charge in [-0.25, -0.2) is 0 Å². The Kier molecular flexibility index (Phi) is 4.97. The molecule has 0 bridgehead atoms. The summed E-state index contributed by atoms with van der Waals surface area (Å²) in [6.45, 7) is 6.75. The molecule has 0 spiro atoms. The lowest BCUT2D eigenvalue weighted by molar-refractivity contribution is -0.000708. The summed E-state index contributed by atoms with van der Waals surface area (Å²) in [6.07, 6.45) is 0.983. The van der Waals surface area contributed by atoms with E-state index in [1.54, 1.807) is 7.11 Å². The fourth-order valence-electron chi connectivity index (χ4n) is 1.58. The van der Waals surface area contributed by atoms with E-state index in [1.807, 2.05) is 38.1 Å². The molecule has 1 rings (SSSR count). The van der Waals surface area contributed by atoms with Gasteiger partial charge in [0.05, 0.1) is 18.2 Å². The zero-order chi connectivity index (χ0) is 12.9. The van der Waals surface area contributed by atoms with Gasteiger partial charge in [-0.05, 0) is 26.3 Å². The maximum absolute atomic E-state index is 6.25. The van der Waals surface area contributed by atoms with Crippen LogP contribution >= 0.6 is 0 Å². The molecule has 96 valence electrons. The zero-order valence-electron chi connectivity index (χ0n) is 11.2. The van der Waals surface area contributed by atoms with Crippen molar-refractivity contribution in [3.05, 3.63) is 29.8 Å². The molecular formula is C14H23NO2. The molecule has 1 unspecified atom stereocenters. The maximum atomic E-state index is 6.25. The van der Waals surface area contributed by atoms with E-state index in [1.165, 1.54) is 0 Å². The van der Waals surface area contributed by atoms with E-state index in [4.69, 9.17) is 15.2 Å². The Morgan fingerprint density at radius 2 is 1.94 bits per heavy atom. The molecule has 0 saturated heterocycles. The Balaban J connectivity index is 2.96. The Bertz CT molecular complexity index is 350. The second-order valence-corrected chi connectivity index (χ2v) is 4.67. The molecule has 0 radical (unpaired) electrons. The fraction of sp³-hybridized carbons (Fsp3) is 0.571. The molecule has 0 aromatic heterocycles. The van der Waals surface area contributed by atoms with Gasteiger partial charge < -0.3 is 15.2 Å². The monoisotopic (exact) mass is 237 g/mol. The van der Waals surface area contributed by atoms with Crippen LogP contribution in [0.3, 0.4) is 0 Å². The second-order valence-electron chi connectivity index (χ2n) is 4.67. The van der Waals surface area contributed by atoms with Crippen LogP contribution < -0.4 is 10.5 Å². The van der Waals surface area contributed by atoms with Crippen molar-refractivity contribution in [2.24, 2.45) is 5.73 Å². The van der Waals surface area contributed by atoms with Crippen LogP contribution in [0.1, 0.15) is 38.8 Å². The van der Waals surface area contributed by atoms with Crippen LogP contribution in [0.5, 0.6) is 5.75 Å². The smallest absolute Gasteiger partial charge is 0.124 e. The van der Waals surface area contributed by atoms with Gasteiger partial charge in [-0.2, -0.15) is 0 Å². The number of nitrogens with two attached hydrogens (primary N) is 1. The van der Waals surface area contributed by atoms with E-state index < -0.39 is 5.60 Å². The first kappa shape index (κ1) is 14.0. The van der Waals surface area contributed by atoms with Crippen molar-refractivity contribution in [1.82, 2.24) is 0 Å². The third kappa shape index (κ3) is 3.45. The minimum atomic E-state index is -0.411. The lowest BCUT2D eigenvalue weighted by atomic mass is 9.92. The van der Waals surface area contributed by atoms with E-state index in [9.17, 15) is 0 Å². The topological polar surface area (TPSA) is 44.5 Å². The fourth-order valence-corrected chi connectivity index (χ4v) is 1.58. The second kappa shape index (κ2) is 6.03. The molecule has 1 aromatic carbocycles. The van der Waals surface area contributed by atoms with Gasteiger partial charge in [0.25, 0.3) is 0 Å².